The molecule has 0 aromatic heterocycles. The first-order valence-corrected chi connectivity index (χ1v) is 11.2. The summed E-state index contributed by atoms with van der Waals surface area (Å²) >= 11 is 0. The molecule has 20 heavy (non-hydrogen) atoms. The predicted octanol–water partition coefficient (Wildman–Crippen LogP) is 3.90. The standard InChI is InChI=1S/C15H27NO3Si/c1-5-6-9-18-15(17)16-12-7-8-13(16)11-14(10-12)19-20(2,3)4/h10,12-13H,5-9,11H2,1-4H3. The smallest absolute Gasteiger partial charge is 0.410 e. The first-order valence-electron chi connectivity index (χ1n) is 7.75. The number of carbonyl (C=O) groups excluding carboxylic acids is 1. The molecule has 2 heterocycles. The normalized spacial score (nSPS) is 25.4. The van der Waals surface area contributed by atoms with Gasteiger partial charge in [0.25, 0.3) is 0 Å². The number of unbranched alkanes of at least 4 members (excludes halogenated alkanes) is 1. The van der Waals surface area contributed by atoms with Crippen molar-refractivity contribution in [2.45, 2.75) is 70.8 Å². The number of hydrogen-bond donors (Lipinski definition) is 0. The van der Waals surface area contributed by atoms with Crippen LogP contribution in [0.25, 0.3) is 0 Å². The first kappa shape index (κ1) is 15.4. The SMILES string of the molecule is CCCCOC(=O)N1C2C=C(O[Si](C)(C)C)CC1CC2. The van der Waals surface area contributed by atoms with Gasteiger partial charge >= 0.3 is 6.09 Å². The Labute approximate surface area is 123 Å². The van der Waals surface area contributed by atoms with E-state index < -0.39 is 8.32 Å². The number of rotatable bonds is 5. The lowest BCUT2D eigenvalue weighted by Crippen LogP contribution is -2.44. The minimum absolute atomic E-state index is 0.144. The third-order valence-corrected chi connectivity index (χ3v) is 4.61. The highest BCUT2D eigenvalue weighted by Crippen LogP contribution is 2.36. The number of amides is 1. The molecule has 5 heteroatoms. The van der Waals surface area contributed by atoms with Crippen molar-refractivity contribution in [1.82, 2.24) is 4.90 Å². The van der Waals surface area contributed by atoms with E-state index in [0.29, 0.717) is 6.61 Å². The van der Waals surface area contributed by atoms with Crippen molar-refractivity contribution in [3.05, 3.63) is 11.8 Å². The first-order chi connectivity index (χ1) is 9.40. The van der Waals surface area contributed by atoms with Crippen LogP contribution in [0.2, 0.25) is 19.6 Å². The number of fused-ring (bicyclic) bond motifs is 2. The van der Waals surface area contributed by atoms with Gasteiger partial charge in [-0.1, -0.05) is 13.3 Å². The number of nitrogens with zero attached hydrogens (tertiary/aromatic N) is 1. The predicted molar refractivity (Wildman–Crippen MR) is 82.0 cm³/mol. The Morgan fingerprint density at radius 3 is 2.75 bits per heavy atom. The summed E-state index contributed by atoms with van der Waals surface area (Å²) in [5.74, 6) is 1.09. The molecule has 2 atom stereocenters. The fourth-order valence-corrected chi connectivity index (χ4v) is 3.86. The second-order valence-electron chi connectivity index (χ2n) is 6.73. The number of ether oxygens (including phenoxy) is 1. The van der Waals surface area contributed by atoms with Crippen LogP contribution in [0, 0.1) is 0 Å². The van der Waals surface area contributed by atoms with Crippen LogP contribution in [0.15, 0.2) is 11.8 Å². The van der Waals surface area contributed by atoms with Gasteiger partial charge in [-0.3, -0.25) is 4.90 Å². The summed E-state index contributed by atoms with van der Waals surface area (Å²) < 4.78 is 11.5. The van der Waals surface area contributed by atoms with E-state index in [1.165, 1.54) is 0 Å². The molecule has 0 aliphatic carbocycles. The third kappa shape index (κ3) is 3.78. The topological polar surface area (TPSA) is 38.8 Å². The quantitative estimate of drug-likeness (QED) is 0.571. The summed E-state index contributed by atoms with van der Waals surface area (Å²) in [5.41, 5.74) is 0. The van der Waals surface area contributed by atoms with Gasteiger partial charge in [0, 0.05) is 12.5 Å². The zero-order valence-corrected chi connectivity index (χ0v) is 14.1. The van der Waals surface area contributed by atoms with Crippen molar-refractivity contribution >= 4 is 14.4 Å². The van der Waals surface area contributed by atoms with E-state index in [4.69, 9.17) is 9.16 Å². The van der Waals surface area contributed by atoms with Gasteiger partial charge in [-0.15, -0.1) is 0 Å². The van der Waals surface area contributed by atoms with E-state index >= 15 is 0 Å². The van der Waals surface area contributed by atoms with Gasteiger partial charge in [0.2, 0.25) is 8.32 Å². The highest BCUT2D eigenvalue weighted by molar-refractivity contribution is 6.70. The molecule has 4 nitrogen and oxygen atoms in total. The van der Waals surface area contributed by atoms with Crippen LogP contribution in [-0.2, 0) is 9.16 Å². The fourth-order valence-electron chi connectivity index (χ4n) is 2.92. The molecule has 2 bridgehead atoms. The van der Waals surface area contributed by atoms with Crippen LogP contribution < -0.4 is 0 Å². The maximum Gasteiger partial charge on any atom is 0.410 e. The fraction of sp³-hybridized carbons (Fsp3) is 0.800. The largest absolute Gasteiger partial charge is 0.547 e. The average molecular weight is 297 g/mol. The zero-order chi connectivity index (χ0) is 14.8. The van der Waals surface area contributed by atoms with Crippen LogP contribution in [-0.4, -0.2) is 38.0 Å². The van der Waals surface area contributed by atoms with E-state index in [-0.39, 0.29) is 18.2 Å². The van der Waals surface area contributed by atoms with E-state index in [1.807, 2.05) is 4.90 Å². The molecule has 1 fully saturated rings. The van der Waals surface area contributed by atoms with Gasteiger partial charge in [-0.05, 0) is 45.0 Å². The maximum atomic E-state index is 12.2. The molecule has 1 amide bonds. The van der Waals surface area contributed by atoms with Crippen molar-refractivity contribution < 1.29 is 14.0 Å². The number of carbonyl (C=O) groups is 1. The molecule has 0 aromatic carbocycles. The van der Waals surface area contributed by atoms with E-state index in [0.717, 1.165) is 37.9 Å². The molecular formula is C15H27NO3Si. The lowest BCUT2D eigenvalue weighted by atomic mass is 10.1. The van der Waals surface area contributed by atoms with E-state index in [9.17, 15) is 4.79 Å². The maximum absolute atomic E-state index is 12.2. The minimum atomic E-state index is -1.55. The molecule has 0 N–H and O–H groups in total. The van der Waals surface area contributed by atoms with Gasteiger partial charge in [0.15, 0.2) is 0 Å². The highest BCUT2D eigenvalue weighted by Gasteiger charge is 2.41. The Kier molecular flexibility index (Phi) is 4.78. The van der Waals surface area contributed by atoms with Gasteiger partial charge in [-0.2, -0.15) is 0 Å². The van der Waals surface area contributed by atoms with Gasteiger partial charge < -0.3 is 9.16 Å². The van der Waals surface area contributed by atoms with Gasteiger partial charge in [0.05, 0.1) is 18.4 Å². The molecule has 2 unspecified atom stereocenters. The monoisotopic (exact) mass is 297 g/mol. The summed E-state index contributed by atoms with van der Waals surface area (Å²) in [5, 5.41) is 0. The van der Waals surface area contributed by atoms with Crippen LogP contribution in [0.5, 0.6) is 0 Å². The lowest BCUT2D eigenvalue weighted by Gasteiger charge is -2.35. The molecule has 0 radical (unpaired) electrons. The molecule has 114 valence electrons. The second-order valence-corrected chi connectivity index (χ2v) is 11.2. The van der Waals surface area contributed by atoms with Gasteiger partial charge in [-0.25, -0.2) is 4.79 Å². The summed E-state index contributed by atoms with van der Waals surface area (Å²) in [6, 6.07) is 0.444. The van der Waals surface area contributed by atoms with Crippen molar-refractivity contribution in [1.29, 1.82) is 0 Å². The Hall–Kier alpha value is -0.973. The second kappa shape index (κ2) is 6.20. The lowest BCUT2D eigenvalue weighted by molar-refractivity contribution is 0.0830. The van der Waals surface area contributed by atoms with Gasteiger partial charge in [0.1, 0.15) is 0 Å². The Balaban J connectivity index is 1.96. The molecule has 2 aliphatic heterocycles. The van der Waals surface area contributed by atoms with Crippen LogP contribution in [0.3, 0.4) is 0 Å². The van der Waals surface area contributed by atoms with Crippen LogP contribution in [0.4, 0.5) is 4.79 Å². The Morgan fingerprint density at radius 1 is 1.40 bits per heavy atom. The highest BCUT2D eigenvalue weighted by atomic mass is 28.4. The molecule has 2 aliphatic rings. The van der Waals surface area contributed by atoms with Crippen molar-refractivity contribution in [3.63, 3.8) is 0 Å². The summed E-state index contributed by atoms with van der Waals surface area (Å²) in [7, 11) is -1.55. The van der Waals surface area contributed by atoms with Crippen molar-refractivity contribution in [2.75, 3.05) is 6.61 Å². The molecule has 0 saturated carbocycles. The Morgan fingerprint density at radius 2 is 2.15 bits per heavy atom. The van der Waals surface area contributed by atoms with E-state index in [2.05, 4.69) is 32.6 Å². The van der Waals surface area contributed by atoms with Crippen molar-refractivity contribution in [2.24, 2.45) is 0 Å². The Bertz CT molecular complexity index is 389. The molecule has 0 aromatic rings. The minimum Gasteiger partial charge on any atom is -0.547 e. The zero-order valence-electron chi connectivity index (χ0n) is 13.1. The summed E-state index contributed by atoms with van der Waals surface area (Å²) in [6.45, 7) is 9.22. The van der Waals surface area contributed by atoms with Crippen molar-refractivity contribution in [3.8, 4) is 0 Å². The summed E-state index contributed by atoms with van der Waals surface area (Å²) in [4.78, 5) is 14.1. The van der Waals surface area contributed by atoms with Crippen LogP contribution >= 0.6 is 0 Å². The summed E-state index contributed by atoms with van der Waals surface area (Å²) in [6.07, 6.45) is 6.93. The third-order valence-electron chi connectivity index (χ3n) is 3.73. The molecular weight excluding hydrogens is 270 g/mol. The average Bonchev–Trinajstić information content (AvgIpc) is 2.60. The molecule has 2 rings (SSSR count). The van der Waals surface area contributed by atoms with Crippen LogP contribution in [0.1, 0.15) is 39.0 Å². The number of hydrogen-bond acceptors (Lipinski definition) is 3. The van der Waals surface area contributed by atoms with E-state index in [1.54, 1.807) is 0 Å². The molecule has 0 spiro atoms. The molecule has 1 saturated heterocycles.